The number of aliphatic hydroxyl groups excluding tert-OH is 11. The van der Waals surface area contributed by atoms with E-state index in [0.717, 1.165) is 38.5 Å². The highest BCUT2D eigenvalue weighted by Gasteiger charge is 2.54. The van der Waals surface area contributed by atoms with Crippen LogP contribution in [0.2, 0.25) is 0 Å². The summed E-state index contributed by atoms with van der Waals surface area (Å²) < 4.78 is 34.5. The van der Waals surface area contributed by atoms with Crippen LogP contribution in [0, 0.1) is 0 Å². The van der Waals surface area contributed by atoms with Gasteiger partial charge in [0.1, 0.15) is 73.2 Å². The highest BCUT2D eigenvalue weighted by atomic mass is 16.8. The van der Waals surface area contributed by atoms with Crippen LogP contribution in [0.25, 0.3) is 0 Å². The molecule has 0 aromatic carbocycles. The molecule has 3 heterocycles. The molecule has 0 saturated carbocycles. The van der Waals surface area contributed by atoms with Gasteiger partial charge in [-0.1, -0.05) is 417 Å². The smallest absolute Gasteiger partial charge is 0.220 e. The van der Waals surface area contributed by atoms with Crippen molar-refractivity contribution in [2.75, 3.05) is 26.4 Å². The van der Waals surface area contributed by atoms with Gasteiger partial charge in [-0.2, -0.15) is 0 Å². The Labute approximate surface area is 683 Å². The molecule has 17 unspecified atom stereocenters. The number of nitrogens with one attached hydrogen (secondary N) is 1. The second-order valence-corrected chi connectivity index (χ2v) is 34.2. The topological polar surface area (TPSA) is 307 Å². The lowest BCUT2D eigenvalue weighted by Crippen LogP contribution is -2.66. The van der Waals surface area contributed by atoms with E-state index in [9.17, 15) is 61.0 Å². The third-order valence-corrected chi connectivity index (χ3v) is 24.0. The average molecular weight is 1600 g/mol. The number of rotatable bonds is 79. The second-order valence-electron chi connectivity index (χ2n) is 34.2. The Morgan fingerprint density at radius 2 is 0.571 bits per heavy atom. The number of unbranched alkanes of at least 4 members (excludes halogenated alkanes) is 61. The van der Waals surface area contributed by atoms with Crippen molar-refractivity contribution in [2.24, 2.45) is 0 Å². The van der Waals surface area contributed by atoms with Gasteiger partial charge in [-0.05, 0) is 32.1 Å². The molecule has 3 saturated heterocycles. The Balaban J connectivity index is 1.30. The maximum absolute atomic E-state index is 13.5. The first kappa shape index (κ1) is 104. The van der Waals surface area contributed by atoms with Crippen LogP contribution in [0.15, 0.2) is 24.3 Å². The summed E-state index contributed by atoms with van der Waals surface area (Å²) in [7, 11) is 0. The van der Waals surface area contributed by atoms with Crippen molar-refractivity contribution < 1.29 is 89.4 Å². The van der Waals surface area contributed by atoms with Crippen LogP contribution in [-0.2, 0) is 33.2 Å². The molecular weight excluding hydrogens is 1420 g/mol. The number of hydrogen-bond acceptors (Lipinski definition) is 18. The molecule has 0 radical (unpaired) electrons. The summed E-state index contributed by atoms with van der Waals surface area (Å²) >= 11 is 0. The molecule has 0 spiro atoms. The Bertz CT molecular complexity index is 2110. The standard InChI is InChI=1S/C93H177NO18/c1-3-5-7-9-11-13-15-17-19-21-23-25-27-29-31-33-34-35-36-37-38-39-40-41-43-45-47-49-51-53-55-57-59-61-63-65-67-69-71-81(99)94-76(77(98)70-68-66-64-62-60-58-56-54-52-50-48-46-44-42-32-30-28-26-24-22-20-18-16-14-12-10-8-6-4-2)75-107-91-87(105)84(102)89(79(73-96)109-91)112-93-88(106)85(103)90(80(74-97)110-93)111-92-86(104)83(101)82(100)78(72-95)108-92/h60,62,68,70,76-80,82-93,95-98,100-106H,3-59,61,63-67,69,71-75H2,1-2H3,(H,94,99)/b62-60+,70-68+. The Kier molecular flexibility index (Phi) is 68.3. The van der Waals surface area contributed by atoms with Crippen LogP contribution in [0.1, 0.15) is 431 Å². The molecule has 19 nitrogen and oxygen atoms in total. The number of hydrogen-bond donors (Lipinski definition) is 12. The highest BCUT2D eigenvalue weighted by molar-refractivity contribution is 5.76. The summed E-state index contributed by atoms with van der Waals surface area (Å²) in [5, 5.41) is 121. The average Bonchev–Trinajstić information content (AvgIpc) is 0.781. The number of ether oxygens (including phenoxy) is 6. The predicted octanol–water partition coefficient (Wildman–Crippen LogP) is 18.8. The number of amides is 1. The molecule has 3 aliphatic heterocycles. The van der Waals surface area contributed by atoms with Gasteiger partial charge in [0.05, 0.1) is 38.6 Å². The van der Waals surface area contributed by atoms with Crippen LogP contribution in [0.5, 0.6) is 0 Å². The first-order valence-corrected chi connectivity index (χ1v) is 47.6. The summed E-state index contributed by atoms with van der Waals surface area (Å²) in [5.74, 6) is -0.275. The molecule has 12 N–H and O–H groups in total. The fraction of sp³-hybridized carbons (Fsp3) is 0.946. The van der Waals surface area contributed by atoms with Gasteiger partial charge < -0.3 is 89.9 Å². The molecule has 0 aliphatic carbocycles. The molecule has 0 aromatic rings. The van der Waals surface area contributed by atoms with Gasteiger partial charge in [-0.15, -0.1) is 0 Å². The van der Waals surface area contributed by atoms with Crippen molar-refractivity contribution in [3.05, 3.63) is 24.3 Å². The molecule has 112 heavy (non-hydrogen) atoms. The fourth-order valence-corrected chi connectivity index (χ4v) is 16.5. The van der Waals surface area contributed by atoms with E-state index in [1.165, 1.54) is 360 Å². The Morgan fingerprint density at radius 3 is 0.893 bits per heavy atom. The van der Waals surface area contributed by atoms with E-state index in [-0.39, 0.29) is 18.9 Å². The number of carbonyl (C=O) groups excluding carboxylic acids is 1. The molecule has 0 aromatic heterocycles. The van der Waals surface area contributed by atoms with Crippen molar-refractivity contribution in [3.63, 3.8) is 0 Å². The minimum Gasteiger partial charge on any atom is -0.394 e. The van der Waals surface area contributed by atoms with Crippen LogP contribution < -0.4 is 5.32 Å². The van der Waals surface area contributed by atoms with Crippen molar-refractivity contribution in [3.8, 4) is 0 Å². The van der Waals surface area contributed by atoms with Crippen LogP contribution in [0.3, 0.4) is 0 Å². The summed E-state index contributed by atoms with van der Waals surface area (Å²) in [5.41, 5.74) is 0. The molecule has 3 aliphatic rings. The molecule has 662 valence electrons. The summed E-state index contributed by atoms with van der Waals surface area (Å²) in [6, 6.07) is -0.990. The van der Waals surface area contributed by atoms with Crippen LogP contribution in [-0.4, -0.2) is 193 Å². The Morgan fingerprint density at radius 1 is 0.312 bits per heavy atom. The molecule has 17 atom stereocenters. The van der Waals surface area contributed by atoms with Crippen molar-refractivity contribution in [1.82, 2.24) is 5.32 Å². The van der Waals surface area contributed by atoms with Gasteiger partial charge in [0, 0.05) is 6.42 Å². The SMILES string of the molecule is CCCCCCCCCCCCCCCCCCCCCCCCC/C=C/CC/C=C/C(O)C(COC1OC(CO)C(OC2OC(CO)C(OC3OC(CO)C(O)C(O)C3O)C(O)C2O)C(O)C1O)NC(=O)CCCCCCCCCCCCCCCCCCCCCCCCCCCCCCCCCCCCCCCC. The zero-order valence-electron chi connectivity index (χ0n) is 71.7. The number of allylic oxidation sites excluding steroid dienone is 3. The lowest BCUT2D eigenvalue weighted by Gasteiger charge is -2.48. The van der Waals surface area contributed by atoms with E-state index in [4.69, 9.17) is 28.4 Å². The maximum Gasteiger partial charge on any atom is 0.220 e. The van der Waals surface area contributed by atoms with E-state index in [1.54, 1.807) is 6.08 Å². The summed E-state index contributed by atoms with van der Waals surface area (Å²) in [6.45, 7) is 1.80. The third-order valence-electron chi connectivity index (χ3n) is 24.0. The van der Waals surface area contributed by atoms with Gasteiger partial charge in [-0.25, -0.2) is 0 Å². The first-order chi connectivity index (χ1) is 54.8. The lowest BCUT2D eigenvalue weighted by atomic mass is 9.96. The molecular formula is C93H177NO18. The van der Waals surface area contributed by atoms with Crippen molar-refractivity contribution in [2.45, 2.75) is 535 Å². The molecule has 3 rings (SSSR count). The number of aliphatic hydroxyl groups is 11. The van der Waals surface area contributed by atoms with Crippen LogP contribution >= 0.6 is 0 Å². The van der Waals surface area contributed by atoms with Gasteiger partial charge >= 0.3 is 0 Å². The van der Waals surface area contributed by atoms with Gasteiger partial charge in [0.15, 0.2) is 18.9 Å². The molecule has 0 bridgehead atoms. The highest BCUT2D eigenvalue weighted by Crippen LogP contribution is 2.34. The molecule has 3 fully saturated rings. The van der Waals surface area contributed by atoms with E-state index < -0.39 is 124 Å². The van der Waals surface area contributed by atoms with E-state index in [1.807, 2.05) is 6.08 Å². The monoisotopic (exact) mass is 1600 g/mol. The molecule has 1 amide bonds. The van der Waals surface area contributed by atoms with E-state index in [2.05, 4.69) is 31.3 Å². The quantitative estimate of drug-likeness (QED) is 0.0199. The fourth-order valence-electron chi connectivity index (χ4n) is 16.5. The maximum atomic E-state index is 13.5. The second kappa shape index (κ2) is 73.2. The summed E-state index contributed by atoms with van der Waals surface area (Å²) in [4.78, 5) is 13.5. The Hall–Kier alpha value is -1.73. The lowest BCUT2D eigenvalue weighted by molar-refractivity contribution is -0.379. The third kappa shape index (κ3) is 51.0. The minimum atomic E-state index is -1.98. The first-order valence-electron chi connectivity index (χ1n) is 47.6. The van der Waals surface area contributed by atoms with Gasteiger partial charge in [0.2, 0.25) is 5.91 Å². The van der Waals surface area contributed by atoms with Gasteiger partial charge in [0.25, 0.3) is 0 Å². The van der Waals surface area contributed by atoms with E-state index >= 15 is 0 Å². The molecule has 19 heteroatoms. The normalized spacial score (nSPS) is 25.0. The largest absolute Gasteiger partial charge is 0.394 e. The zero-order chi connectivity index (χ0) is 81.0. The summed E-state index contributed by atoms with van der Waals surface area (Å²) in [6.07, 6.45) is 66.5. The van der Waals surface area contributed by atoms with Crippen LogP contribution in [0.4, 0.5) is 0 Å². The van der Waals surface area contributed by atoms with Crippen molar-refractivity contribution in [1.29, 1.82) is 0 Å². The van der Waals surface area contributed by atoms with Crippen molar-refractivity contribution >= 4 is 5.91 Å². The van der Waals surface area contributed by atoms with Gasteiger partial charge in [-0.3, -0.25) is 4.79 Å². The number of carbonyl (C=O) groups is 1. The predicted molar refractivity (Wildman–Crippen MR) is 453 cm³/mol. The van der Waals surface area contributed by atoms with E-state index in [0.29, 0.717) is 12.8 Å². The minimum absolute atomic E-state index is 0.242. The zero-order valence-corrected chi connectivity index (χ0v) is 71.7.